The fourth-order valence-electron chi connectivity index (χ4n) is 4.33. The molecule has 0 aliphatic rings. The molecule has 0 bridgehead atoms. The van der Waals surface area contributed by atoms with E-state index in [0.717, 1.165) is 6.54 Å². The quantitative estimate of drug-likeness (QED) is 0.270. The highest BCUT2D eigenvalue weighted by Crippen LogP contribution is 2.32. The molecule has 0 saturated heterocycles. The second-order valence-corrected chi connectivity index (χ2v) is 8.57. The maximum Gasteiger partial charge on any atom is 0.104 e. The second-order valence-electron chi connectivity index (χ2n) is 8.31. The molecule has 0 heterocycles. The number of quaternary nitrogens is 1. The monoisotopic (exact) mass is 400 g/mol. The smallest absolute Gasteiger partial charge is 0.104 e. The van der Waals surface area contributed by atoms with Gasteiger partial charge < -0.3 is 4.48 Å². The molecular formula is C26H39ClN+. The molecule has 2 unspecified atom stereocenters. The van der Waals surface area contributed by atoms with Gasteiger partial charge in [0.2, 0.25) is 0 Å². The van der Waals surface area contributed by atoms with E-state index >= 15 is 0 Å². The van der Waals surface area contributed by atoms with Gasteiger partial charge in [-0.05, 0) is 62.1 Å². The van der Waals surface area contributed by atoms with E-state index in [1.807, 2.05) is 0 Å². The summed E-state index contributed by atoms with van der Waals surface area (Å²) in [6.07, 6.45) is 2.37. The van der Waals surface area contributed by atoms with Crippen molar-refractivity contribution >= 4 is 11.6 Å². The molecule has 0 saturated carbocycles. The molecule has 0 aromatic heterocycles. The Morgan fingerprint density at radius 1 is 0.750 bits per heavy atom. The minimum atomic E-state index is 0.554. The highest BCUT2D eigenvalue weighted by Gasteiger charge is 2.21. The van der Waals surface area contributed by atoms with E-state index in [9.17, 15) is 0 Å². The van der Waals surface area contributed by atoms with Crippen molar-refractivity contribution in [2.75, 3.05) is 19.6 Å². The van der Waals surface area contributed by atoms with E-state index in [4.69, 9.17) is 11.6 Å². The topological polar surface area (TPSA) is 0 Å². The Labute approximate surface area is 178 Å². The fraction of sp³-hybridized carbons (Fsp3) is 0.538. The van der Waals surface area contributed by atoms with Crippen molar-refractivity contribution < 1.29 is 4.48 Å². The molecule has 0 aliphatic carbocycles. The first kappa shape index (κ1) is 23.0. The third-order valence-electron chi connectivity index (χ3n) is 6.82. The maximum absolute atomic E-state index is 5.93. The molecule has 0 amide bonds. The van der Waals surface area contributed by atoms with Crippen molar-refractivity contribution in [3.05, 3.63) is 70.8 Å². The average molecular weight is 401 g/mol. The number of hydrogen-bond donors (Lipinski definition) is 0. The standard InChI is InChI=1S/C26H39ClN/c1-6-24(18-21(5)25-14-10-22(19-27)11-15-25)26-16-12-23(13-17-26)20-28(7-2,8-3)9-4/h10-17,21,24H,6-9,18-20H2,1-5H3/q+1. The van der Waals surface area contributed by atoms with Gasteiger partial charge in [0.25, 0.3) is 0 Å². The molecule has 0 radical (unpaired) electrons. The molecule has 0 N–H and O–H groups in total. The van der Waals surface area contributed by atoms with E-state index < -0.39 is 0 Å². The van der Waals surface area contributed by atoms with Crippen molar-refractivity contribution in [2.45, 2.75) is 71.7 Å². The maximum atomic E-state index is 5.93. The third-order valence-corrected chi connectivity index (χ3v) is 7.12. The summed E-state index contributed by atoms with van der Waals surface area (Å²) in [6.45, 7) is 16.4. The van der Waals surface area contributed by atoms with Crippen LogP contribution in [0, 0.1) is 0 Å². The van der Waals surface area contributed by atoms with Crippen LogP contribution in [0.25, 0.3) is 0 Å². The molecule has 1 nitrogen and oxygen atoms in total. The number of halogens is 1. The van der Waals surface area contributed by atoms with Crippen molar-refractivity contribution in [1.82, 2.24) is 0 Å². The number of hydrogen-bond acceptors (Lipinski definition) is 0. The van der Waals surface area contributed by atoms with Crippen LogP contribution in [0.4, 0.5) is 0 Å². The zero-order chi connectivity index (χ0) is 20.6. The predicted molar refractivity (Wildman–Crippen MR) is 124 cm³/mol. The molecule has 0 aliphatic heterocycles. The van der Waals surface area contributed by atoms with E-state index in [0.29, 0.717) is 17.7 Å². The Kier molecular flexibility index (Phi) is 9.05. The van der Waals surface area contributed by atoms with Crippen LogP contribution in [-0.4, -0.2) is 24.1 Å². The van der Waals surface area contributed by atoms with Crippen molar-refractivity contribution in [3.63, 3.8) is 0 Å². The first-order valence-corrected chi connectivity index (χ1v) is 11.6. The van der Waals surface area contributed by atoms with Crippen LogP contribution in [0.15, 0.2) is 48.5 Å². The van der Waals surface area contributed by atoms with Crippen LogP contribution >= 0.6 is 11.6 Å². The lowest BCUT2D eigenvalue weighted by molar-refractivity contribution is -0.936. The molecule has 0 spiro atoms. The van der Waals surface area contributed by atoms with Crippen molar-refractivity contribution in [2.24, 2.45) is 0 Å². The number of rotatable bonds is 11. The molecule has 2 rings (SSSR count). The van der Waals surface area contributed by atoms with Gasteiger partial charge in [0.05, 0.1) is 19.6 Å². The molecule has 2 aromatic rings. The van der Waals surface area contributed by atoms with Gasteiger partial charge in [-0.15, -0.1) is 11.6 Å². The van der Waals surface area contributed by atoms with Gasteiger partial charge in [0, 0.05) is 11.4 Å². The van der Waals surface area contributed by atoms with Crippen molar-refractivity contribution in [3.8, 4) is 0 Å². The van der Waals surface area contributed by atoms with Gasteiger partial charge in [0.15, 0.2) is 0 Å². The summed E-state index contributed by atoms with van der Waals surface area (Å²) in [5.41, 5.74) is 5.56. The van der Waals surface area contributed by atoms with Gasteiger partial charge >= 0.3 is 0 Å². The molecule has 2 atom stereocenters. The molecule has 154 valence electrons. The number of benzene rings is 2. The molecule has 2 heteroatoms. The summed E-state index contributed by atoms with van der Waals surface area (Å²) in [5.74, 6) is 1.75. The van der Waals surface area contributed by atoms with Crippen LogP contribution in [0.2, 0.25) is 0 Å². The molecule has 2 aromatic carbocycles. The molecule has 0 fully saturated rings. The highest BCUT2D eigenvalue weighted by molar-refractivity contribution is 6.17. The lowest BCUT2D eigenvalue weighted by atomic mass is 9.84. The van der Waals surface area contributed by atoms with E-state index in [1.165, 1.54) is 59.2 Å². The summed E-state index contributed by atoms with van der Waals surface area (Å²) < 4.78 is 1.17. The second kappa shape index (κ2) is 11.0. The Morgan fingerprint density at radius 2 is 1.25 bits per heavy atom. The zero-order valence-corrected chi connectivity index (χ0v) is 19.3. The van der Waals surface area contributed by atoms with Gasteiger partial charge in [-0.2, -0.15) is 0 Å². The summed E-state index contributed by atoms with van der Waals surface area (Å²) >= 11 is 5.93. The SMILES string of the molecule is CCC(CC(C)c1ccc(CCl)cc1)c1ccc(C[N+](CC)(CC)CC)cc1. The lowest BCUT2D eigenvalue weighted by Crippen LogP contribution is -2.46. The van der Waals surface area contributed by atoms with E-state index in [2.05, 4.69) is 83.1 Å². The van der Waals surface area contributed by atoms with Crippen LogP contribution in [0.5, 0.6) is 0 Å². The zero-order valence-electron chi connectivity index (χ0n) is 18.5. The highest BCUT2D eigenvalue weighted by atomic mass is 35.5. The summed E-state index contributed by atoms with van der Waals surface area (Å²) in [6, 6.07) is 18.3. The Balaban J connectivity index is 2.07. The largest absolute Gasteiger partial charge is 0.321 e. The van der Waals surface area contributed by atoms with E-state index in [-0.39, 0.29) is 0 Å². The summed E-state index contributed by atoms with van der Waals surface area (Å²) in [4.78, 5) is 0. The minimum absolute atomic E-state index is 0.554. The minimum Gasteiger partial charge on any atom is -0.321 e. The number of nitrogens with zero attached hydrogens (tertiary/aromatic N) is 1. The average Bonchev–Trinajstić information content (AvgIpc) is 2.76. The van der Waals surface area contributed by atoms with Crippen LogP contribution in [-0.2, 0) is 12.4 Å². The Morgan fingerprint density at radius 3 is 1.71 bits per heavy atom. The summed E-state index contributed by atoms with van der Waals surface area (Å²) in [7, 11) is 0. The third kappa shape index (κ3) is 5.84. The fourth-order valence-corrected chi connectivity index (χ4v) is 4.50. The first-order chi connectivity index (χ1) is 13.5. The molecular weight excluding hydrogens is 362 g/mol. The number of alkyl halides is 1. The van der Waals surface area contributed by atoms with Crippen molar-refractivity contribution in [1.29, 1.82) is 0 Å². The van der Waals surface area contributed by atoms with Gasteiger partial charge in [-0.3, -0.25) is 0 Å². The van der Waals surface area contributed by atoms with Crippen LogP contribution < -0.4 is 0 Å². The van der Waals surface area contributed by atoms with Crippen LogP contribution in [0.3, 0.4) is 0 Å². The summed E-state index contributed by atoms with van der Waals surface area (Å²) in [5, 5.41) is 0. The van der Waals surface area contributed by atoms with Gasteiger partial charge in [-0.1, -0.05) is 62.4 Å². The van der Waals surface area contributed by atoms with Gasteiger partial charge in [-0.25, -0.2) is 0 Å². The Bertz CT molecular complexity index is 677. The van der Waals surface area contributed by atoms with Crippen LogP contribution in [0.1, 0.15) is 81.5 Å². The van der Waals surface area contributed by atoms with Gasteiger partial charge in [0.1, 0.15) is 6.54 Å². The predicted octanol–water partition coefficient (Wildman–Crippen LogP) is 7.49. The lowest BCUT2D eigenvalue weighted by Gasteiger charge is -2.36. The Hall–Kier alpha value is -1.31. The first-order valence-electron chi connectivity index (χ1n) is 11.1. The normalized spacial score (nSPS) is 14.1. The van der Waals surface area contributed by atoms with E-state index in [1.54, 1.807) is 0 Å². The molecule has 28 heavy (non-hydrogen) atoms.